The first-order valence-corrected chi connectivity index (χ1v) is 5.35. The zero-order valence-corrected chi connectivity index (χ0v) is 10.1. The Kier molecular flexibility index (Phi) is 5.02. The van der Waals surface area contributed by atoms with Crippen LogP contribution in [0, 0.1) is 0 Å². The summed E-state index contributed by atoms with van der Waals surface area (Å²) in [5, 5.41) is 3.93. The van der Waals surface area contributed by atoms with Gasteiger partial charge in [-0.1, -0.05) is 11.6 Å². The van der Waals surface area contributed by atoms with Gasteiger partial charge in [-0.2, -0.15) is 0 Å². The molecule has 0 saturated heterocycles. The topological polar surface area (TPSA) is 34.2 Å². The highest BCUT2D eigenvalue weighted by atomic mass is 35.5. The first-order chi connectivity index (χ1) is 7.19. The van der Waals surface area contributed by atoms with E-state index >= 15 is 0 Å². The molecule has 1 heterocycles. The Labute approximate surface area is 95.8 Å². The van der Waals surface area contributed by atoms with Crippen molar-refractivity contribution in [3.05, 3.63) is 29.0 Å². The van der Waals surface area contributed by atoms with Gasteiger partial charge in [-0.05, 0) is 32.0 Å². The maximum atomic E-state index is 6.04. The van der Waals surface area contributed by atoms with E-state index in [-0.39, 0.29) is 12.1 Å². The molecule has 0 aliphatic rings. The molecule has 0 aliphatic heterocycles. The smallest absolute Gasteiger partial charge is 0.0699 e. The van der Waals surface area contributed by atoms with Gasteiger partial charge in [0.05, 0.1) is 11.1 Å². The van der Waals surface area contributed by atoms with Crippen molar-refractivity contribution >= 4 is 11.6 Å². The Balaban J connectivity index is 2.71. The number of rotatable bonds is 5. The summed E-state index contributed by atoms with van der Waals surface area (Å²) < 4.78 is 5.29. The number of likely N-dealkylation sites (N-methyl/N-ethyl adjacent to an activating group) is 1. The summed E-state index contributed by atoms with van der Waals surface area (Å²) >= 11 is 6.04. The van der Waals surface area contributed by atoms with Crippen LogP contribution in [0.25, 0.3) is 0 Å². The van der Waals surface area contributed by atoms with Crippen molar-refractivity contribution < 1.29 is 4.74 Å². The van der Waals surface area contributed by atoms with E-state index in [1.54, 1.807) is 19.5 Å². The maximum Gasteiger partial charge on any atom is 0.0699 e. The van der Waals surface area contributed by atoms with E-state index in [2.05, 4.69) is 10.3 Å². The van der Waals surface area contributed by atoms with Gasteiger partial charge in [0.2, 0.25) is 0 Å². The molecule has 3 nitrogen and oxygen atoms in total. The summed E-state index contributed by atoms with van der Waals surface area (Å²) in [6.45, 7) is 2.04. The zero-order chi connectivity index (χ0) is 11.3. The third-order valence-electron chi connectivity index (χ3n) is 2.61. The number of ether oxygens (including phenoxy) is 1. The van der Waals surface area contributed by atoms with Crippen LogP contribution in [0.2, 0.25) is 5.02 Å². The van der Waals surface area contributed by atoms with Crippen LogP contribution < -0.4 is 5.32 Å². The summed E-state index contributed by atoms with van der Waals surface area (Å²) in [5.41, 5.74) is 1.09. The van der Waals surface area contributed by atoms with Crippen LogP contribution in [-0.4, -0.2) is 31.3 Å². The minimum atomic E-state index is 0.152. The lowest BCUT2D eigenvalue weighted by molar-refractivity contribution is 0.0857. The molecule has 84 valence electrons. The normalized spacial score (nSPS) is 14.9. The number of nitrogens with zero attached hydrogens (tertiary/aromatic N) is 1. The van der Waals surface area contributed by atoms with E-state index in [9.17, 15) is 0 Å². The minimum Gasteiger partial charge on any atom is -0.380 e. The van der Waals surface area contributed by atoms with Crippen LogP contribution in [0.3, 0.4) is 0 Å². The van der Waals surface area contributed by atoms with Gasteiger partial charge in [-0.25, -0.2) is 0 Å². The molecule has 0 amide bonds. The zero-order valence-electron chi connectivity index (χ0n) is 9.33. The molecule has 1 rings (SSSR count). The molecule has 4 heteroatoms. The average Bonchev–Trinajstić information content (AvgIpc) is 2.27. The molecular weight excluding hydrogens is 212 g/mol. The Morgan fingerprint density at radius 3 is 2.87 bits per heavy atom. The van der Waals surface area contributed by atoms with E-state index in [1.165, 1.54) is 0 Å². The van der Waals surface area contributed by atoms with Crippen LogP contribution in [0.1, 0.15) is 12.5 Å². The number of pyridine rings is 1. The Morgan fingerprint density at radius 1 is 1.60 bits per heavy atom. The third-order valence-corrected chi connectivity index (χ3v) is 2.95. The van der Waals surface area contributed by atoms with Crippen molar-refractivity contribution in [3.63, 3.8) is 0 Å². The molecule has 0 aliphatic carbocycles. The van der Waals surface area contributed by atoms with Gasteiger partial charge >= 0.3 is 0 Å². The minimum absolute atomic E-state index is 0.152. The van der Waals surface area contributed by atoms with Crippen molar-refractivity contribution in [1.82, 2.24) is 10.3 Å². The lowest BCUT2D eigenvalue weighted by atomic mass is 10.0. The van der Waals surface area contributed by atoms with Crippen molar-refractivity contribution in [3.8, 4) is 0 Å². The fraction of sp³-hybridized carbons (Fsp3) is 0.545. The van der Waals surface area contributed by atoms with Gasteiger partial charge in [0.1, 0.15) is 0 Å². The molecule has 2 atom stereocenters. The van der Waals surface area contributed by atoms with Crippen LogP contribution in [0.15, 0.2) is 18.5 Å². The first kappa shape index (κ1) is 12.4. The molecule has 1 aromatic heterocycles. The van der Waals surface area contributed by atoms with E-state index in [1.807, 2.05) is 20.0 Å². The quantitative estimate of drug-likeness (QED) is 0.836. The van der Waals surface area contributed by atoms with Crippen LogP contribution >= 0.6 is 11.6 Å². The van der Waals surface area contributed by atoms with Gasteiger partial charge < -0.3 is 10.1 Å². The summed E-state index contributed by atoms with van der Waals surface area (Å²) in [6, 6.07) is 2.20. The second-order valence-corrected chi connectivity index (χ2v) is 3.91. The number of halogens is 1. The number of aromatic nitrogens is 1. The van der Waals surface area contributed by atoms with E-state index in [0.717, 1.165) is 12.0 Å². The monoisotopic (exact) mass is 228 g/mol. The van der Waals surface area contributed by atoms with Crippen molar-refractivity contribution in [1.29, 1.82) is 0 Å². The molecule has 1 aromatic rings. The third kappa shape index (κ3) is 3.45. The molecule has 15 heavy (non-hydrogen) atoms. The SMILES string of the molecule is CNC(Cc1ccncc1Cl)C(C)OC. The van der Waals surface area contributed by atoms with Crippen molar-refractivity contribution in [2.75, 3.05) is 14.2 Å². The van der Waals surface area contributed by atoms with Gasteiger partial charge in [0.25, 0.3) is 0 Å². The Morgan fingerprint density at radius 2 is 2.33 bits per heavy atom. The van der Waals surface area contributed by atoms with E-state index < -0.39 is 0 Å². The highest BCUT2D eigenvalue weighted by Gasteiger charge is 2.16. The lowest BCUT2D eigenvalue weighted by Gasteiger charge is -2.22. The van der Waals surface area contributed by atoms with Crippen LogP contribution in [0.5, 0.6) is 0 Å². The molecule has 0 bridgehead atoms. The van der Waals surface area contributed by atoms with Crippen LogP contribution in [-0.2, 0) is 11.2 Å². The fourth-order valence-corrected chi connectivity index (χ4v) is 1.67. The second-order valence-electron chi connectivity index (χ2n) is 3.51. The lowest BCUT2D eigenvalue weighted by Crippen LogP contribution is -2.38. The Hall–Kier alpha value is -0.640. The number of hydrogen-bond acceptors (Lipinski definition) is 3. The summed E-state index contributed by atoms with van der Waals surface area (Å²) in [5.74, 6) is 0. The van der Waals surface area contributed by atoms with E-state index in [0.29, 0.717) is 5.02 Å². The van der Waals surface area contributed by atoms with Gasteiger partial charge in [-0.3, -0.25) is 4.98 Å². The van der Waals surface area contributed by atoms with Gasteiger partial charge in [0.15, 0.2) is 0 Å². The standard InChI is InChI=1S/C11H17ClN2O/c1-8(15-3)11(13-2)6-9-4-5-14-7-10(9)12/h4-5,7-8,11,13H,6H2,1-3H3. The number of hydrogen-bond donors (Lipinski definition) is 1. The van der Waals surface area contributed by atoms with Crippen molar-refractivity contribution in [2.45, 2.75) is 25.5 Å². The molecule has 1 N–H and O–H groups in total. The van der Waals surface area contributed by atoms with Crippen molar-refractivity contribution in [2.24, 2.45) is 0 Å². The molecule has 0 aromatic carbocycles. The van der Waals surface area contributed by atoms with Gasteiger partial charge in [-0.15, -0.1) is 0 Å². The number of methoxy groups -OCH3 is 1. The predicted octanol–water partition coefficient (Wildman–Crippen LogP) is 1.90. The maximum absolute atomic E-state index is 6.04. The highest BCUT2D eigenvalue weighted by molar-refractivity contribution is 6.31. The molecule has 0 radical (unpaired) electrons. The molecule has 0 spiro atoms. The predicted molar refractivity (Wildman–Crippen MR) is 62.3 cm³/mol. The number of nitrogens with one attached hydrogen (secondary N) is 1. The second kappa shape index (κ2) is 6.05. The van der Waals surface area contributed by atoms with Gasteiger partial charge in [0, 0.05) is 25.5 Å². The summed E-state index contributed by atoms with van der Waals surface area (Å²) in [6.07, 6.45) is 4.42. The van der Waals surface area contributed by atoms with Crippen LogP contribution in [0.4, 0.5) is 0 Å². The Bertz CT molecular complexity index is 306. The fourth-order valence-electron chi connectivity index (χ4n) is 1.47. The largest absolute Gasteiger partial charge is 0.380 e. The molecule has 0 saturated carbocycles. The summed E-state index contributed by atoms with van der Waals surface area (Å²) in [7, 11) is 3.64. The molecule has 0 fully saturated rings. The molecule has 2 unspecified atom stereocenters. The first-order valence-electron chi connectivity index (χ1n) is 4.97. The molecular formula is C11H17ClN2O. The average molecular weight is 229 g/mol. The van der Waals surface area contributed by atoms with E-state index in [4.69, 9.17) is 16.3 Å². The summed E-state index contributed by atoms with van der Waals surface area (Å²) in [4.78, 5) is 3.96. The highest BCUT2D eigenvalue weighted by Crippen LogP contribution is 2.16.